The topological polar surface area (TPSA) is 30.5 Å². The van der Waals surface area contributed by atoms with Gasteiger partial charge in [0.05, 0.1) is 6.04 Å². The fraction of sp³-hybridized carbons (Fsp3) is 0.292. The predicted octanol–water partition coefficient (Wildman–Crippen LogP) is 5.26. The zero-order valence-corrected chi connectivity index (χ0v) is 19.4. The van der Waals surface area contributed by atoms with Crippen LogP contribution in [0.3, 0.4) is 0 Å². The number of hydrogen-bond acceptors (Lipinski definition) is 4. The molecule has 0 amide bonds. The lowest BCUT2D eigenvalue weighted by Gasteiger charge is -2.42. The molecule has 2 N–H and O–H groups in total. The van der Waals surface area contributed by atoms with Gasteiger partial charge in [-0.1, -0.05) is 12.1 Å². The summed E-state index contributed by atoms with van der Waals surface area (Å²) in [6, 6.07) is 17.4. The maximum absolute atomic E-state index is 13.5. The zero-order chi connectivity index (χ0) is 22.5. The highest BCUT2D eigenvalue weighted by Gasteiger charge is 2.30. The van der Waals surface area contributed by atoms with Crippen molar-refractivity contribution in [3.05, 3.63) is 82.6 Å². The van der Waals surface area contributed by atoms with E-state index in [1.54, 1.807) is 23.5 Å². The van der Waals surface area contributed by atoms with Crippen molar-refractivity contribution in [3.8, 4) is 0 Å². The Morgan fingerprint density at radius 2 is 1.72 bits per heavy atom. The third-order valence-electron chi connectivity index (χ3n) is 5.65. The van der Waals surface area contributed by atoms with E-state index in [2.05, 4.69) is 44.9 Å². The molecule has 1 fully saturated rings. The van der Waals surface area contributed by atoms with Crippen LogP contribution < -0.4 is 15.5 Å². The van der Waals surface area contributed by atoms with Crippen molar-refractivity contribution in [2.45, 2.75) is 19.0 Å². The van der Waals surface area contributed by atoms with E-state index in [-0.39, 0.29) is 23.7 Å². The Morgan fingerprint density at radius 3 is 2.38 bits per heavy atom. The summed E-state index contributed by atoms with van der Waals surface area (Å²) in [6.45, 7) is 5.63. The Balaban J connectivity index is 1.41. The Kier molecular flexibility index (Phi) is 7.34. The van der Waals surface area contributed by atoms with Crippen molar-refractivity contribution in [2.24, 2.45) is 0 Å². The summed E-state index contributed by atoms with van der Waals surface area (Å²) in [6.07, 6.45) is 0. The lowest BCUT2D eigenvalue weighted by Crippen LogP contribution is -2.52. The molecule has 1 aromatic heterocycles. The van der Waals surface area contributed by atoms with Gasteiger partial charge < -0.3 is 15.5 Å². The number of thiocarbonyl (C=S) groups is 1. The molecule has 8 heteroatoms. The van der Waals surface area contributed by atoms with Crippen LogP contribution in [0, 0.1) is 11.6 Å². The Morgan fingerprint density at radius 1 is 0.969 bits per heavy atom. The maximum atomic E-state index is 13.5. The molecule has 168 valence electrons. The van der Waals surface area contributed by atoms with Crippen LogP contribution in [0.2, 0.25) is 0 Å². The summed E-state index contributed by atoms with van der Waals surface area (Å²) in [5.41, 5.74) is 1.67. The molecule has 2 atom stereocenters. The van der Waals surface area contributed by atoms with Gasteiger partial charge in [-0.25, -0.2) is 8.78 Å². The highest BCUT2D eigenvalue weighted by molar-refractivity contribution is 7.80. The van der Waals surface area contributed by atoms with E-state index in [9.17, 15) is 8.78 Å². The minimum absolute atomic E-state index is 0.0413. The molecule has 3 aromatic rings. The van der Waals surface area contributed by atoms with Crippen LogP contribution in [0.15, 0.2) is 66.0 Å². The van der Waals surface area contributed by atoms with Crippen molar-refractivity contribution in [1.29, 1.82) is 0 Å². The molecule has 2 aromatic carbocycles. The van der Waals surface area contributed by atoms with E-state index in [0.717, 1.165) is 31.9 Å². The SMILES string of the molecule is C[C@@H](NC(=S)Nc1cccc(F)c1)[C@@H](c1cccs1)N1CCN(c2ccc(F)cc2)CC1. The zero-order valence-electron chi connectivity index (χ0n) is 17.8. The number of anilines is 2. The van der Waals surface area contributed by atoms with Crippen LogP contribution in [0.4, 0.5) is 20.2 Å². The van der Waals surface area contributed by atoms with Crippen molar-refractivity contribution >= 4 is 40.0 Å². The van der Waals surface area contributed by atoms with E-state index < -0.39 is 0 Å². The fourth-order valence-electron chi connectivity index (χ4n) is 4.13. The smallest absolute Gasteiger partial charge is 0.171 e. The van der Waals surface area contributed by atoms with Gasteiger partial charge in [0, 0.05) is 48.5 Å². The van der Waals surface area contributed by atoms with Gasteiger partial charge in [0.25, 0.3) is 0 Å². The standard InChI is InChI=1S/C24H26F2N4S2/c1-17(27-24(31)28-20-5-2-4-19(26)16-20)23(22-6-3-15-32-22)30-13-11-29(12-14-30)21-9-7-18(25)8-10-21/h2-10,15-17,23H,11-14H2,1H3,(H2,27,28,31)/t17-,23+/m1/s1. The van der Waals surface area contributed by atoms with Crippen LogP contribution in [-0.2, 0) is 0 Å². The van der Waals surface area contributed by atoms with Crippen LogP contribution >= 0.6 is 23.6 Å². The first-order chi connectivity index (χ1) is 15.5. The first kappa shape index (κ1) is 22.6. The number of nitrogens with zero attached hydrogens (tertiary/aromatic N) is 2. The van der Waals surface area contributed by atoms with Gasteiger partial charge in [0.1, 0.15) is 11.6 Å². The summed E-state index contributed by atoms with van der Waals surface area (Å²) >= 11 is 7.23. The molecule has 0 aliphatic carbocycles. The van der Waals surface area contributed by atoms with Gasteiger partial charge in [0.15, 0.2) is 5.11 Å². The number of nitrogens with one attached hydrogen (secondary N) is 2. The second-order valence-corrected chi connectivity index (χ2v) is 9.24. The van der Waals surface area contributed by atoms with Gasteiger partial charge in [-0.2, -0.15) is 0 Å². The number of thiophene rings is 1. The molecule has 0 radical (unpaired) electrons. The monoisotopic (exact) mass is 472 g/mol. The van der Waals surface area contributed by atoms with E-state index in [4.69, 9.17) is 12.2 Å². The minimum Gasteiger partial charge on any atom is -0.369 e. The molecule has 0 saturated carbocycles. The number of benzene rings is 2. The van der Waals surface area contributed by atoms with Gasteiger partial charge in [-0.3, -0.25) is 4.90 Å². The van der Waals surface area contributed by atoms with Crippen LogP contribution in [0.5, 0.6) is 0 Å². The highest BCUT2D eigenvalue weighted by Crippen LogP contribution is 2.30. The van der Waals surface area contributed by atoms with Crippen molar-refractivity contribution in [1.82, 2.24) is 10.2 Å². The summed E-state index contributed by atoms with van der Waals surface area (Å²) in [5, 5.41) is 9.02. The molecule has 1 saturated heterocycles. The first-order valence-electron chi connectivity index (χ1n) is 10.6. The molecule has 0 spiro atoms. The Labute approximate surface area is 196 Å². The van der Waals surface area contributed by atoms with Crippen LogP contribution in [0.1, 0.15) is 17.8 Å². The molecule has 4 rings (SSSR count). The first-order valence-corrected chi connectivity index (χ1v) is 11.9. The summed E-state index contributed by atoms with van der Waals surface area (Å²) in [7, 11) is 0. The summed E-state index contributed by atoms with van der Waals surface area (Å²) in [4.78, 5) is 6.03. The molecule has 4 nitrogen and oxygen atoms in total. The fourth-order valence-corrected chi connectivity index (χ4v) is 5.40. The van der Waals surface area contributed by atoms with Gasteiger partial charge in [-0.15, -0.1) is 11.3 Å². The Hall–Kier alpha value is -2.55. The lowest BCUT2D eigenvalue weighted by molar-refractivity contribution is 0.163. The van der Waals surface area contributed by atoms with Crippen molar-refractivity contribution < 1.29 is 8.78 Å². The molecule has 1 aliphatic rings. The molecule has 1 aliphatic heterocycles. The number of rotatable bonds is 6. The predicted molar refractivity (Wildman–Crippen MR) is 132 cm³/mol. The number of halogens is 2. The van der Waals surface area contributed by atoms with Crippen molar-refractivity contribution in [3.63, 3.8) is 0 Å². The quantitative estimate of drug-likeness (QED) is 0.478. The maximum Gasteiger partial charge on any atom is 0.171 e. The third-order valence-corrected chi connectivity index (χ3v) is 6.81. The van der Waals surface area contributed by atoms with E-state index in [1.165, 1.54) is 29.1 Å². The van der Waals surface area contributed by atoms with Gasteiger partial charge in [0.2, 0.25) is 0 Å². The lowest BCUT2D eigenvalue weighted by atomic mass is 10.0. The number of piperazine rings is 1. The van der Waals surface area contributed by atoms with E-state index in [0.29, 0.717) is 10.8 Å². The van der Waals surface area contributed by atoms with Crippen molar-refractivity contribution in [2.75, 3.05) is 36.4 Å². The molecule has 0 bridgehead atoms. The van der Waals surface area contributed by atoms with Gasteiger partial charge >= 0.3 is 0 Å². The van der Waals surface area contributed by atoms with Crippen LogP contribution in [0.25, 0.3) is 0 Å². The average molecular weight is 473 g/mol. The second-order valence-electron chi connectivity index (χ2n) is 7.86. The van der Waals surface area contributed by atoms with Crippen LogP contribution in [-0.4, -0.2) is 42.2 Å². The summed E-state index contributed by atoms with van der Waals surface area (Å²) < 4.78 is 26.7. The molecular formula is C24H26F2N4S2. The Bertz CT molecular complexity index is 1020. The largest absolute Gasteiger partial charge is 0.369 e. The highest BCUT2D eigenvalue weighted by atomic mass is 32.1. The third kappa shape index (κ3) is 5.62. The minimum atomic E-state index is -0.304. The number of hydrogen-bond donors (Lipinski definition) is 2. The average Bonchev–Trinajstić information content (AvgIpc) is 3.29. The molecule has 32 heavy (non-hydrogen) atoms. The van der Waals surface area contributed by atoms with E-state index in [1.807, 2.05) is 12.1 Å². The van der Waals surface area contributed by atoms with E-state index >= 15 is 0 Å². The molecule has 0 unspecified atom stereocenters. The second kappa shape index (κ2) is 10.4. The van der Waals surface area contributed by atoms with Gasteiger partial charge in [-0.05, 0) is 73.1 Å². The molecule has 2 heterocycles. The summed E-state index contributed by atoms with van der Waals surface area (Å²) in [5.74, 6) is -0.519. The molecular weight excluding hydrogens is 446 g/mol. The normalized spacial score (nSPS) is 16.4.